The fourth-order valence-electron chi connectivity index (χ4n) is 1.58. The molecule has 0 aromatic heterocycles. The Morgan fingerprint density at radius 1 is 1.08 bits per heavy atom. The van der Waals surface area contributed by atoms with Gasteiger partial charge in [-0.05, 0) is 6.26 Å². The Bertz CT molecular complexity index is 127. The van der Waals surface area contributed by atoms with E-state index in [-0.39, 0.29) is 0 Å². The van der Waals surface area contributed by atoms with E-state index in [4.69, 9.17) is 0 Å². The standard InChI is InChI=1S/C9H19BrN2S/c1-13-9-8-12-6-4-11(3-2-10)5-7-12/h2-9H2,1H3. The molecule has 1 fully saturated rings. The van der Waals surface area contributed by atoms with Gasteiger partial charge in [0.2, 0.25) is 0 Å². The van der Waals surface area contributed by atoms with Crippen molar-refractivity contribution in [2.45, 2.75) is 0 Å². The summed E-state index contributed by atoms with van der Waals surface area (Å²) in [5, 5.41) is 1.11. The van der Waals surface area contributed by atoms with E-state index in [0.29, 0.717) is 0 Å². The van der Waals surface area contributed by atoms with Crippen LogP contribution in [0.15, 0.2) is 0 Å². The molecular weight excluding hydrogens is 248 g/mol. The molecule has 0 atom stereocenters. The van der Waals surface area contributed by atoms with Crippen LogP contribution in [-0.2, 0) is 0 Å². The number of hydrogen-bond acceptors (Lipinski definition) is 3. The first-order valence-corrected chi connectivity index (χ1v) is 7.38. The Morgan fingerprint density at radius 3 is 2.08 bits per heavy atom. The summed E-state index contributed by atoms with van der Waals surface area (Å²) in [6.07, 6.45) is 2.18. The number of alkyl halides is 1. The molecule has 1 rings (SSSR count). The van der Waals surface area contributed by atoms with E-state index in [9.17, 15) is 0 Å². The zero-order valence-corrected chi connectivity index (χ0v) is 10.7. The second-order valence-electron chi connectivity index (χ2n) is 3.37. The number of thioether (sulfide) groups is 1. The monoisotopic (exact) mass is 266 g/mol. The highest BCUT2D eigenvalue weighted by Gasteiger charge is 2.14. The maximum absolute atomic E-state index is 3.48. The zero-order chi connectivity index (χ0) is 9.52. The average molecular weight is 267 g/mol. The van der Waals surface area contributed by atoms with E-state index in [1.54, 1.807) is 0 Å². The van der Waals surface area contributed by atoms with Crippen molar-refractivity contribution in [2.75, 3.05) is 56.6 Å². The Morgan fingerprint density at radius 2 is 1.62 bits per heavy atom. The maximum atomic E-state index is 3.48. The van der Waals surface area contributed by atoms with Gasteiger partial charge in [0.25, 0.3) is 0 Å². The first kappa shape index (κ1) is 11.8. The minimum absolute atomic E-state index is 1.11. The molecule has 4 heteroatoms. The molecule has 0 bridgehead atoms. The number of nitrogens with zero attached hydrogens (tertiary/aromatic N) is 2. The van der Waals surface area contributed by atoms with Crippen molar-refractivity contribution in [3.05, 3.63) is 0 Å². The van der Waals surface area contributed by atoms with Crippen molar-refractivity contribution in [3.8, 4) is 0 Å². The lowest BCUT2D eigenvalue weighted by Gasteiger charge is -2.34. The van der Waals surface area contributed by atoms with Gasteiger partial charge in [0.1, 0.15) is 0 Å². The summed E-state index contributed by atoms with van der Waals surface area (Å²) >= 11 is 5.43. The van der Waals surface area contributed by atoms with Gasteiger partial charge in [0, 0.05) is 50.4 Å². The third-order valence-electron chi connectivity index (χ3n) is 2.48. The molecule has 0 amide bonds. The summed E-state index contributed by atoms with van der Waals surface area (Å²) in [5.74, 6) is 1.28. The Labute approximate surface area is 94.2 Å². The number of rotatable bonds is 5. The molecule has 0 radical (unpaired) electrons. The normalized spacial score (nSPS) is 20.8. The topological polar surface area (TPSA) is 6.48 Å². The molecular formula is C9H19BrN2S. The second kappa shape index (κ2) is 7.10. The van der Waals surface area contributed by atoms with Crippen LogP contribution in [0.25, 0.3) is 0 Å². The van der Waals surface area contributed by atoms with Gasteiger partial charge in [0.05, 0.1) is 0 Å². The third-order valence-corrected chi connectivity index (χ3v) is 3.42. The maximum Gasteiger partial charge on any atom is 0.0159 e. The molecule has 2 nitrogen and oxygen atoms in total. The fourth-order valence-corrected chi connectivity index (χ4v) is 2.52. The average Bonchev–Trinajstić information content (AvgIpc) is 2.17. The van der Waals surface area contributed by atoms with E-state index in [1.807, 2.05) is 11.8 Å². The van der Waals surface area contributed by atoms with Crippen LogP contribution in [0, 0.1) is 0 Å². The minimum Gasteiger partial charge on any atom is -0.300 e. The van der Waals surface area contributed by atoms with Crippen molar-refractivity contribution in [2.24, 2.45) is 0 Å². The summed E-state index contributed by atoms with van der Waals surface area (Å²) < 4.78 is 0. The molecule has 1 heterocycles. The SMILES string of the molecule is CSCCN1CCN(CCBr)CC1. The second-order valence-corrected chi connectivity index (χ2v) is 5.14. The summed E-state index contributed by atoms with van der Waals surface area (Å²) in [5.41, 5.74) is 0. The van der Waals surface area contributed by atoms with Crippen LogP contribution in [0.1, 0.15) is 0 Å². The van der Waals surface area contributed by atoms with Crippen LogP contribution in [0.4, 0.5) is 0 Å². The zero-order valence-electron chi connectivity index (χ0n) is 8.34. The van der Waals surface area contributed by atoms with Crippen molar-refractivity contribution < 1.29 is 0 Å². The molecule has 13 heavy (non-hydrogen) atoms. The quantitative estimate of drug-likeness (QED) is 0.695. The first-order valence-electron chi connectivity index (χ1n) is 4.86. The Hall–Kier alpha value is 0.750. The van der Waals surface area contributed by atoms with Crippen LogP contribution in [0.5, 0.6) is 0 Å². The molecule has 1 aliphatic heterocycles. The van der Waals surface area contributed by atoms with Crippen LogP contribution in [0.2, 0.25) is 0 Å². The lowest BCUT2D eigenvalue weighted by Crippen LogP contribution is -2.47. The minimum atomic E-state index is 1.11. The van der Waals surface area contributed by atoms with Gasteiger partial charge in [-0.15, -0.1) is 0 Å². The fraction of sp³-hybridized carbons (Fsp3) is 1.00. The molecule has 0 aliphatic carbocycles. The van der Waals surface area contributed by atoms with E-state index in [1.165, 1.54) is 45.0 Å². The van der Waals surface area contributed by atoms with Crippen LogP contribution in [-0.4, -0.2) is 66.4 Å². The highest BCUT2D eigenvalue weighted by molar-refractivity contribution is 9.09. The van der Waals surface area contributed by atoms with Crippen LogP contribution >= 0.6 is 27.7 Å². The van der Waals surface area contributed by atoms with Gasteiger partial charge in [-0.2, -0.15) is 11.8 Å². The predicted molar refractivity (Wildman–Crippen MR) is 65.1 cm³/mol. The summed E-state index contributed by atoms with van der Waals surface area (Å²) in [4.78, 5) is 5.10. The summed E-state index contributed by atoms with van der Waals surface area (Å²) in [6.45, 7) is 7.49. The highest BCUT2D eigenvalue weighted by atomic mass is 79.9. The van der Waals surface area contributed by atoms with Crippen molar-refractivity contribution in [1.29, 1.82) is 0 Å². The van der Waals surface area contributed by atoms with E-state index < -0.39 is 0 Å². The van der Waals surface area contributed by atoms with E-state index in [0.717, 1.165) is 5.33 Å². The number of halogens is 1. The van der Waals surface area contributed by atoms with Crippen LogP contribution in [0.3, 0.4) is 0 Å². The van der Waals surface area contributed by atoms with Gasteiger partial charge in [-0.3, -0.25) is 9.80 Å². The Kier molecular flexibility index (Phi) is 6.45. The molecule has 0 spiro atoms. The van der Waals surface area contributed by atoms with Crippen molar-refractivity contribution in [1.82, 2.24) is 9.80 Å². The molecule has 0 unspecified atom stereocenters. The number of piperazine rings is 1. The lowest BCUT2D eigenvalue weighted by molar-refractivity contribution is 0.144. The van der Waals surface area contributed by atoms with Gasteiger partial charge >= 0.3 is 0 Å². The van der Waals surface area contributed by atoms with Crippen molar-refractivity contribution in [3.63, 3.8) is 0 Å². The molecule has 0 N–H and O–H groups in total. The van der Waals surface area contributed by atoms with Crippen LogP contribution < -0.4 is 0 Å². The van der Waals surface area contributed by atoms with E-state index in [2.05, 4.69) is 32.0 Å². The molecule has 0 aromatic rings. The first-order chi connectivity index (χ1) is 6.36. The smallest absolute Gasteiger partial charge is 0.0159 e. The molecule has 1 saturated heterocycles. The molecule has 0 aromatic carbocycles. The van der Waals surface area contributed by atoms with Crippen molar-refractivity contribution >= 4 is 27.7 Å². The van der Waals surface area contributed by atoms with Gasteiger partial charge in [0.15, 0.2) is 0 Å². The highest BCUT2D eigenvalue weighted by Crippen LogP contribution is 2.03. The van der Waals surface area contributed by atoms with Gasteiger partial charge in [-0.1, -0.05) is 15.9 Å². The summed E-state index contributed by atoms with van der Waals surface area (Å²) in [6, 6.07) is 0. The molecule has 78 valence electrons. The third kappa shape index (κ3) is 4.68. The predicted octanol–water partition coefficient (Wildman–Crippen LogP) is 1.36. The molecule has 0 saturated carbocycles. The molecule has 1 aliphatic rings. The van der Waals surface area contributed by atoms with Gasteiger partial charge in [-0.25, -0.2) is 0 Å². The largest absolute Gasteiger partial charge is 0.300 e. The Balaban J connectivity index is 2.08. The van der Waals surface area contributed by atoms with Gasteiger partial charge < -0.3 is 0 Å². The summed E-state index contributed by atoms with van der Waals surface area (Å²) in [7, 11) is 0. The van der Waals surface area contributed by atoms with E-state index >= 15 is 0 Å². The number of hydrogen-bond donors (Lipinski definition) is 0. The lowest BCUT2D eigenvalue weighted by atomic mass is 10.3.